The summed E-state index contributed by atoms with van der Waals surface area (Å²) in [6, 6.07) is 11.4. The van der Waals surface area contributed by atoms with Crippen molar-refractivity contribution in [2.24, 2.45) is 0 Å². The molecule has 1 amide bonds. The quantitative estimate of drug-likeness (QED) is 0.927. The fourth-order valence-corrected chi connectivity index (χ4v) is 2.88. The van der Waals surface area contributed by atoms with E-state index >= 15 is 0 Å². The number of halogens is 1. The van der Waals surface area contributed by atoms with E-state index in [1.807, 2.05) is 18.2 Å². The second-order valence-corrected chi connectivity index (χ2v) is 6.14. The lowest BCUT2D eigenvalue weighted by atomic mass is 10.1. The zero-order chi connectivity index (χ0) is 17.8. The van der Waals surface area contributed by atoms with Crippen LogP contribution in [0.4, 0.5) is 15.8 Å². The van der Waals surface area contributed by atoms with Gasteiger partial charge >= 0.3 is 0 Å². The van der Waals surface area contributed by atoms with Gasteiger partial charge in [0.25, 0.3) is 5.91 Å². The maximum absolute atomic E-state index is 13.3. The lowest BCUT2D eigenvalue weighted by molar-refractivity contribution is 0.102. The van der Waals surface area contributed by atoms with Gasteiger partial charge in [-0.3, -0.25) is 4.79 Å². The van der Waals surface area contributed by atoms with Gasteiger partial charge in [-0.25, -0.2) is 4.39 Å². The number of carbonyl (C=O) groups excluding carboxylic acids is 1. The lowest BCUT2D eigenvalue weighted by Gasteiger charge is -2.34. The summed E-state index contributed by atoms with van der Waals surface area (Å²) in [5.74, 6) is -0.234. The van der Waals surface area contributed by atoms with Crippen LogP contribution in [-0.4, -0.2) is 51.1 Å². The van der Waals surface area contributed by atoms with Gasteiger partial charge < -0.3 is 19.9 Å². The van der Waals surface area contributed by atoms with Gasteiger partial charge in [0.2, 0.25) is 0 Å². The summed E-state index contributed by atoms with van der Waals surface area (Å²) < 4.78 is 18.7. The van der Waals surface area contributed by atoms with Crippen molar-refractivity contribution in [1.29, 1.82) is 0 Å². The van der Waals surface area contributed by atoms with Gasteiger partial charge in [0.15, 0.2) is 0 Å². The van der Waals surface area contributed by atoms with Crippen LogP contribution in [0.15, 0.2) is 42.5 Å². The highest BCUT2D eigenvalue weighted by Gasteiger charge is 2.17. The van der Waals surface area contributed by atoms with Gasteiger partial charge in [0.1, 0.15) is 11.6 Å². The minimum atomic E-state index is -0.439. The molecule has 0 radical (unpaired) electrons. The van der Waals surface area contributed by atoms with Crippen LogP contribution >= 0.6 is 0 Å². The Kier molecular flexibility index (Phi) is 5.19. The average Bonchev–Trinajstić information content (AvgIpc) is 2.62. The van der Waals surface area contributed by atoms with Gasteiger partial charge in [-0.05, 0) is 43.4 Å². The molecule has 0 spiro atoms. The molecule has 1 aliphatic heterocycles. The highest BCUT2D eigenvalue weighted by molar-refractivity contribution is 6.05. The second kappa shape index (κ2) is 7.53. The molecule has 2 aromatic carbocycles. The van der Waals surface area contributed by atoms with Gasteiger partial charge in [-0.15, -0.1) is 0 Å². The summed E-state index contributed by atoms with van der Waals surface area (Å²) in [4.78, 5) is 17.0. The monoisotopic (exact) mass is 343 g/mol. The minimum Gasteiger partial charge on any atom is -0.495 e. The van der Waals surface area contributed by atoms with Crippen molar-refractivity contribution >= 4 is 17.3 Å². The summed E-state index contributed by atoms with van der Waals surface area (Å²) in [7, 11) is 3.67. The first kappa shape index (κ1) is 17.2. The van der Waals surface area contributed by atoms with E-state index in [2.05, 4.69) is 22.2 Å². The van der Waals surface area contributed by atoms with E-state index in [1.54, 1.807) is 13.2 Å². The van der Waals surface area contributed by atoms with Crippen LogP contribution in [-0.2, 0) is 0 Å². The summed E-state index contributed by atoms with van der Waals surface area (Å²) in [5, 5.41) is 2.83. The number of likely N-dealkylation sites (N-methyl/N-ethyl adjacent to an activating group) is 1. The normalized spacial score (nSPS) is 15.1. The van der Waals surface area contributed by atoms with E-state index in [-0.39, 0.29) is 11.5 Å². The third-order valence-corrected chi connectivity index (χ3v) is 4.39. The number of amides is 1. The van der Waals surface area contributed by atoms with E-state index in [4.69, 9.17) is 4.74 Å². The van der Waals surface area contributed by atoms with Crippen molar-refractivity contribution in [3.05, 3.63) is 53.8 Å². The number of carbonyl (C=O) groups is 1. The molecule has 5 nitrogen and oxygen atoms in total. The molecular formula is C19H22FN3O2. The minimum absolute atomic E-state index is 0.270. The Morgan fingerprint density at radius 2 is 1.88 bits per heavy atom. The van der Waals surface area contributed by atoms with Crippen LogP contribution < -0.4 is 15.0 Å². The summed E-state index contributed by atoms with van der Waals surface area (Å²) >= 11 is 0. The first-order valence-corrected chi connectivity index (χ1v) is 8.25. The smallest absolute Gasteiger partial charge is 0.255 e. The van der Waals surface area contributed by atoms with E-state index < -0.39 is 5.82 Å². The molecule has 0 saturated carbocycles. The SMILES string of the molecule is COc1ccc(N2CCN(C)CC2)cc1NC(=O)c1cccc(F)c1. The third kappa shape index (κ3) is 4.09. The molecule has 1 aliphatic rings. The molecule has 3 rings (SSSR count). The molecule has 0 aromatic heterocycles. The number of hydrogen-bond acceptors (Lipinski definition) is 4. The number of methoxy groups -OCH3 is 1. The molecule has 0 unspecified atom stereocenters. The molecule has 6 heteroatoms. The molecule has 132 valence electrons. The van der Waals surface area contributed by atoms with Gasteiger partial charge in [0.05, 0.1) is 12.8 Å². The highest BCUT2D eigenvalue weighted by Crippen LogP contribution is 2.30. The van der Waals surface area contributed by atoms with Crippen molar-refractivity contribution in [2.75, 3.05) is 50.6 Å². The summed E-state index contributed by atoms with van der Waals surface area (Å²) in [6.07, 6.45) is 0. The Morgan fingerprint density at radius 3 is 2.56 bits per heavy atom. The van der Waals surface area contributed by atoms with Crippen molar-refractivity contribution in [3.63, 3.8) is 0 Å². The third-order valence-electron chi connectivity index (χ3n) is 4.39. The number of rotatable bonds is 4. The Labute approximate surface area is 147 Å². The van der Waals surface area contributed by atoms with Gasteiger partial charge in [-0.2, -0.15) is 0 Å². The molecule has 1 heterocycles. The van der Waals surface area contributed by atoms with Crippen LogP contribution in [0.3, 0.4) is 0 Å². The molecule has 1 saturated heterocycles. The Bertz CT molecular complexity index is 758. The van der Waals surface area contributed by atoms with Crippen molar-refractivity contribution < 1.29 is 13.9 Å². The number of piperazine rings is 1. The Morgan fingerprint density at radius 1 is 1.12 bits per heavy atom. The van der Waals surface area contributed by atoms with Crippen LogP contribution in [0.5, 0.6) is 5.75 Å². The van der Waals surface area contributed by atoms with Crippen molar-refractivity contribution in [3.8, 4) is 5.75 Å². The lowest BCUT2D eigenvalue weighted by Crippen LogP contribution is -2.44. The molecule has 1 fully saturated rings. The van der Waals surface area contributed by atoms with Crippen LogP contribution in [0.2, 0.25) is 0 Å². The van der Waals surface area contributed by atoms with Crippen LogP contribution in [0.1, 0.15) is 10.4 Å². The highest BCUT2D eigenvalue weighted by atomic mass is 19.1. The predicted molar refractivity (Wildman–Crippen MR) is 97.1 cm³/mol. The fourth-order valence-electron chi connectivity index (χ4n) is 2.88. The Balaban J connectivity index is 1.81. The predicted octanol–water partition coefficient (Wildman–Crippen LogP) is 2.84. The number of nitrogens with zero attached hydrogens (tertiary/aromatic N) is 2. The van der Waals surface area contributed by atoms with E-state index in [1.165, 1.54) is 18.2 Å². The van der Waals surface area contributed by atoms with E-state index in [9.17, 15) is 9.18 Å². The van der Waals surface area contributed by atoms with Crippen molar-refractivity contribution in [2.45, 2.75) is 0 Å². The summed E-state index contributed by atoms with van der Waals surface area (Å²) in [5.41, 5.74) is 1.88. The zero-order valence-electron chi connectivity index (χ0n) is 14.5. The molecule has 25 heavy (non-hydrogen) atoms. The molecule has 0 atom stereocenters. The van der Waals surface area contributed by atoms with E-state index in [0.29, 0.717) is 11.4 Å². The fraction of sp³-hybridized carbons (Fsp3) is 0.316. The van der Waals surface area contributed by atoms with Gasteiger partial charge in [0, 0.05) is 37.4 Å². The average molecular weight is 343 g/mol. The maximum atomic E-state index is 13.3. The molecule has 0 aliphatic carbocycles. The van der Waals surface area contributed by atoms with Crippen LogP contribution in [0, 0.1) is 5.82 Å². The van der Waals surface area contributed by atoms with E-state index in [0.717, 1.165) is 31.9 Å². The van der Waals surface area contributed by atoms with Crippen LogP contribution in [0.25, 0.3) is 0 Å². The number of ether oxygens (including phenoxy) is 1. The number of hydrogen-bond donors (Lipinski definition) is 1. The maximum Gasteiger partial charge on any atom is 0.255 e. The first-order chi connectivity index (χ1) is 12.1. The molecular weight excluding hydrogens is 321 g/mol. The molecule has 2 aromatic rings. The van der Waals surface area contributed by atoms with Crippen molar-refractivity contribution in [1.82, 2.24) is 4.90 Å². The number of anilines is 2. The zero-order valence-corrected chi connectivity index (χ0v) is 14.5. The molecule has 0 bridgehead atoms. The standard InChI is InChI=1S/C19H22FN3O2/c1-22-8-10-23(11-9-22)16-6-7-18(25-2)17(13-16)21-19(24)14-4-3-5-15(20)12-14/h3-7,12-13H,8-11H2,1-2H3,(H,21,24). The van der Waals surface area contributed by atoms with Gasteiger partial charge in [-0.1, -0.05) is 6.07 Å². The first-order valence-electron chi connectivity index (χ1n) is 8.25. The number of nitrogens with one attached hydrogen (secondary N) is 1. The second-order valence-electron chi connectivity index (χ2n) is 6.14. The topological polar surface area (TPSA) is 44.8 Å². The molecule has 1 N–H and O–H groups in total. The Hall–Kier alpha value is -2.60. The number of benzene rings is 2. The summed E-state index contributed by atoms with van der Waals surface area (Å²) in [6.45, 7) is 3.86. The largest absolute Gasteiger partial charge is 0.495 e.